The van der Waals surface area contributed by atoms with Crippen LogP contribution in [0.1, 0.15) is 24.1 Å². The van der Waals surface area contributed by atoms with Crippen molar-refractivity contribution in [2.75, 3.05) is 11.6 Å². The lowest BCUT2D eigenvalue weighted by Crippen LogP contribution is -2.47. The minimum absolute atomic E-state index is 0.0715. The number of hydrogen-bond acceptors (Lipinski definition) is 3. The van der Waals surface area contributed by atoms with Crippen molar-refractivity contribution in [2.24, 2.45) is 0 Å². The Balaban J connectivity index is 2.24. The molecule has 1 fully saturated rings. The van der Waals surface area contributed by atoms with Gasteiger partial charge in [-0.05, 0) is 38.0 Å². The fraction of sp³-hybridized carbons (Fsp3) is 0.455. The first kappa shape index (κ1) is 9.96. The van der Waals surface area contributed by atoms with Crippen molar-refractivity contribution in [3.05, 3.63) is 23.4 Å². The van der Waals surface area contributed by atoms with Crippen molar-refractivity contribution in [3.63, 3.8) is 0 Å². The average molecular weight is 205 g/mol. The number of hydrazine groups is 1. The number of carbonyl (C=O) groups excluding carboxylic acids is 1. The standard InChI is InChI=1S/C11H15N3O/c1-8-6-9(2)12-10(7-8)14-5-3-4-11(15)13-14/h6-7H,3-5H2,1-2H3,(H,13,15). The molecule has 1 N–H and O–H groups in total. The van der Waals surface area contributed by atoms with Gasteiger partial charge in [0.1, 0.15) is 5.82 Å². The van der Waals surface area contributed by atoms with Gasteiger partial charge in [0.2, 0.25) is 5.91 Å². The number of pyridine rings is 1. The van der Waals surface area contributed by atoms with Gasteiger partial charge in [-0.1, -0.05) is 0 Å². The predicted molar refractivity (Wildman–Crippen MR) is 58.4 cm³/mol. The van der Waals surface area contributed by atoms with E-state index in [1.165, 1.54) is 0 Å². The summed E-state index contributed by atoms with van der Waals surface area (Å²) in [6.45, 7) is 4.83. The number of hydrogen-bond donors (Lipinski definition) is 1. The number of carbonyl (C=O) groups is 1. The number of aryl methyl sites for hydroxylation is 2. The Kier molecular flexibility index (Phi) is 2.58. The molecule has 0 atom stereocenters. The summed E-state index contributed by atoms with van der Waals surface area (Å²) in [5, 5.41) is 1.83. The number of rotatable bonds is 1. The quantitative estimate of drug-likeness (QED) is 0.752. The van der Waals surface area contributed by atoms with Crippen LogP contribution in [0, 0.1) is 13.8 Å². The zero-order chi connectivity index (χ0) is 10.8. The minimum atomic E-state index is 0.0715. The van der Waals surface area contributed by atoms with Crippen LogP contribution in [0.3, 0.4) is 0 Å². The summed E-state index contributed by atoms with van der Waals surface area (Å²) in [6.07, 6.45) is 1.50. The summed E-state index contributed by atoms with van der Waals surface area (Å²) in [7, 11) is 0. The molecule has 0 bridgehead atoms. The van der Waals surface area contributed by atoms with Crippen LogP contribution in [-0.4, -0.2) is 17.4 Å². The summed E-state index contributed by atoms with van der Waals surface area (Å²) >= 11 is 0. The lowest BCUT2D eigenvalue weighted by atomic mass is 10.2. The Morgan fingerprint density at radius 1 is 1.40 bits per heavy atom. The van der Waals surface area contributed by atoms with Gasteiger partial charge in [-0.25, -0.2) is 4.98 Å². The summed E-state index contributed by atoms with van der Waals surface area (Å²) in [5.74, 6) is 0.905. The Morgan fingerprint density at radius 3 is 2.87 bits per heavy atom. The molecule has 4 nitrogen and oxygen atoms in total. The molecule has 0 radical (unpaired) electrons. The molecule has 15 heavy (non-hydrogen) atoms. The Hall–Kier alpha value is -1.58. The smallest absolute Gasteiger partial charge is 0.238 e. The summed E-state index contributed by atoms with van der Waals surface area (Å²) in [6, 6.07) is 4.01. The molecule has 1 aromatic heterocycles. The molecule has 1 amide bonds. The van der Waals surface area contributed by atoms with Crippen molar-refractivity contribution >= 4 is 11.7 Å². The Labute approximate surface area is 89.3 Å². The van der Waals surface area contributed by atoms with Gasteiger partial charge >= 0.3 is 0 Å². The molecule has 0 saturated carbocycles. The highest BCUT2D eigenvalue weighted by Crippen LogP contribution is 2.15. The first-order chi connectivity index (χ1) is 7.15. The zero-order valence-corrected chi connectivity index (χ0v) is 9.08. The van der Waals surface area contributed by atoms with Crippen molar-refractivity contribution in [1.29, 1.82) is 0 Å². The number of amides is 1. The van der Waals surface area contributed by atoms with E-state index in [1.807, 2.05) is 31.0 Å². The molecule has 1 aliphatic heterocycles. The summed E-state index contributed by atoms with van der Waals surface area (Å²) in [5.41, 5.74) is 4.96. The van der Waals surface area contributed by atoms with E-state index in [0.717, 1.165) is 30.0 Å². The lowest BCUT2D eigenvalue weighted by Gasteiger charge is -2.28. The second-order valence-corrected chi connectivity index (χ2v) is 3.93. The van der Waals surface area contributed by atoms with Gasteiger partial charge in [0, 0.05) is 18.7 Å². The molecule has 2 heterocycles. The molecule has 1 aromatic rings. The third kappa shape index (κ3) is 2.26. The van der Waals surface area contributed by atoms with E-state index in [9.17, 15) is 4.79 Å². The van der Waals surface area contributed by atoms with Crippen LogP contribution in [-0.2, 0) is 4.79 Å². The number of nitrogens with zero attached hydrogens (tertiary/aromatic N) is 2. The van der Waals surface area contributed by atoms with E-state index in [-0.39, 0.29) is 5.91 Å². The van der Waals surface area contributed by atoms with Gasteiger partial charge in [0.05, 0.1) is 0 Å². The fourth-order valence-corrected chi connectivity index (χ4v) is 1.79. The lowest BCUT2D eigenvalue weighted by molar-refractivity contribution is -0.122. The largest absolute Gasteiger partial charge is 0.273 e. The van der Waals surface area contributed by atoms with Crippen molar-refractivity contribution in [3.8, 4) is 0 Å². The highest BCUT2D eigenvalue weighted by molar-refractivity contribution is 5.78. The zero-order valence-electron chi connectivity index (χ0n) is 9.08. The van der Waals surface area contributed by atoms with Crippen LogP contribution in [0.5, 0.6) is 0 Å². The Morgan fingerprint density at radius 2 is 2.20 bits per heavy atom. The fourth-order valence-electron chi connectivity index (χ4n) is 1.79. The molecular weight excluding hydrogens is 190 g/mol. The van der Waals surface area contributed by atoms with Gasteiger partial charge in [-0.15, -0.1) is 0 Å². The van der Waals surface area contributed by atoms with Crippen molar-refractivity contribution in [1.82, 2.24) is 10.4 Å². The van der Waals surface area contributed by atoms with Crippen LogP contribution < -0.4 is 10.4 Å². The van der Waals surface area contributed by atoms with E-state index < -0.39 is 0 Å². The topological polar surface area (TPSA) is 45.2 Å². The number of aromatic nitrogens is 1. The normalized spacial score (nSPS) is 16.4. The van der Waals surface area contributed by atoms with Gasteiger partial charge in [-0.2, -0.15) is 0 Å². The third-order valence-electron chi connectivity index (χ3n) is 2.41. The molecule has 1 saturated heterocycles. The van der Waals surface area contributed by atoms with Crippen LogP contribution in [0.4, 0.5) is 5.82 Å². The van der Waals surface area contributed by atoms with E-state index in [2.05, 4.69) is 10.4 Å². The second kappa shape index (κ2) is 3.88. The number of anilines is 1. The van der Waals surface area contributed by atoms with Crippen molar-refractivity contribution in [2.45, 2.75) is 26.7 Å². The van der Waals surface area contributed by atoms with Gasteiger partial charge in [-0.3, -0.25) is 15.2 Å². The van der Waals surface area contributed by atoms with Crippen LogP contribution >= 0.6 is 0 Å². The molecule has 0 spiro atoms. The molecule has 2 rings (SSSR count). The van der Waals surface area contributed by atoms with Gasteiger partial charge in [0.15, 0.2) is 0 Å². The maximum atomic E-state index is 11.2. The molecular formula is C11H15N3O. The molecule has 1 aliphatic rings. The molecule has 0 aromatic carbocycles. The monoisotopic (exact) mass is 205 g/mol. The van der Waals surface area contributed by atoms with E-state index >= 15 is 0 Å². The van der Waals surface area contributed by atoms with Crippen LogP contribution in [0.25, 0.3) is 0 Å². The maximum absolute atomic E-state index is 11.2. The SMILES string of the molecule is Cc1cc(C)nc(N2CCCC(=O)N2)c1. The first-order valence-electron chi connectivity index (χ1n) is 5.17. The summed E-state index contributed by atoms with van der Waals surface area (Å²) < 4.78 is 0. The van der Waals surface area contributed by atoms with E-state index in [4.69, 9.17) is 0 Å². The minimum Gasteiger partial charge on any atom is -0.273 e. The number of nitrogens with one attached hydrogen (secondary N) is 1. The predicted octanol–water partition coefficient (Wildman–Crippen LogP) is 1.33. The molecule has 80 valence electrons. The van der Waals surface area contributed by atoms with Crippen LogP contribution in [0.15, 0.2) is 12.1 Å². The molecule has 0 unspecified atom stereocenters. The summed E-state index contributed by atoms with van der Waals surface area (Å²) in [4.78, 5) is 15.6. The van der Waals surface area contributed by atoms with E-state index in [0.29, 0.717) is 6.42 Å². The van der Waals surface area contributed by atoms with Crippen LogP contribution in [0.2, 0.25) is 0 Å². The molecule has 0 aliphatic carbocycles. The highest BCUT2D eigenvalue weighted by Gasteiger charge is 2.17. The Bertz CT molecular complexity index is 369. The maximum Gasteiger partial charge on any atom is 0.238 e. The van der Waals surface area contributed by atoms with Gasteiger partial charge < -0.3 is 0 Å². The third-order valence-corrected chi connectivity index (χ3v) is 2.41. The average Bonchev–Trinajstić information content (AvgIpc) is 2.16. The molecule has 4 heteroatoms. The van der Waals surface area contributed by atoms with Gasteiger partial charge in [0.25, 0.3) is 0 Å². The van der Waals surface area contributed by atoms with E-state index in [1.54, 1.807) is 0 Å². The second-order valence-electron chi connectivity index (χ2n) is 3.93. The highest BCUT2D eigenvalue weighted by atomic mass is 16.2. The first-order valence-corrected chi connectivity index (χ1v) is 5.17. The van der Waals surface area contributed by atoms with Crippen molar-refractivity contribution < 1.29 is 4.79 Å².